The average molecular weight is 344 g/mol. The van der Waals surface area contributed by atoms with Crippen LogP contribution < -0.4 is 4.74 Å². The molecule has 4 nitrogen and oxygen atoms in total. The number of ether oxygens (including phenoxy) is 1. The van der Waals surface area contributed by atoms with Crippen LogP contribution in [0.25, 0.3) is 0 Å². The Labute approximate surface area is 146 Å². The second-order valence-electron chi connectivity index (χ2n) is 5.86. The van der Waals surface area contributed by atoms with Gasteiger partial charge in [0.25, 0.3) is 0 Å². The van der Waals surface area contributed by atoms with Crippen molar-refractivity contribution in [1.29, 1.82) is 0 Å². The Bertz CT molecular complexity index is 757. The van der Waals surface area contributed by atoms with Crippen molar-refractivity contribution in [3.05, 3.63) is 64.7 Å². The van der Waals surface area contributed by atoms with E-state index in [1.165, 1.54) is 4.90 Å². The third-order valence-electron chi connectivity index (χ3n) is 4.25. The van der Waals surface area contributed by atoms with E-state index in [-0.39, 0.29) is 30.7 Å². The number of methoxy groups -OCH3 is 1. The van der Waals surface area contributed by atoms with Crippen LogP contribution in [0, 0.1) is 5.92 Å². The van der Waals surface area contributed by atoms with Crippen molar-refractivity contribution >= 4 is 23.4 Å². The van der Waals surface area contributed by atoms with E-state index < -0.39 is 0 Å². The number of amides is 2. The van der Waals surface area contributed by atoms with E-state index >= 15 is 0 Å². The zero-order chi connectivity index (χ0) is 17.1. The van der Waals surface area contributed by atoms with Gasteiger partial charge < -0.3 is 4.74 Å². The summed E-state index contributed by atoms with van der Waals surface area (Å²) < 4.78 is 5.30. The first-order valence-corrected chi connectivity index (χ1v) is 8.17. The van der Waals surface area contributed by atoms with Crippen LogP contribution >= 0.6 is 11.6 Å². The van der Waals surface area contributed by atoms with Crippen LogP contribution in [0.15, 0.2) is 48.5 Å². The van der Waals surface area contributed by atoms with E-state index in [0.717, 1.165) is 11.1 Å². The molecule has 124 valence electrons. The first-order valence-electron chi connectivity index (χ1n) is 7.79. The van der Waals surface area contributed by atoms with Crippen molar-refractivity contribution in [1.82, 2.24) is 4.90 Å². The van der Waals surface area contributed by atoms with E-state index in [0.29, 0.717) is 17.2 Å². The van der Waals surface area contributed by atoms with Gasteiger partial charge in [0.15, 0.2) is 0 Å². The SMILES string of the molecule is COc1ccccc1CN1C(=O)CC(Cc2ccc(Cl)cc2)C1=O. The first-order chi connectivity index (χ1) is 11.6. The number of likely N-dealkylation sites (tertiary alicyclic amines) is 1. The fourth-order valence-electron chi connectivity index (χ4n) is 2.99. The lowest BCUT2D eigenvalue weighted by Crippen LogP contribution is -2.30. The molecule has 0 radical (unpaired) electrons. The number of para-hydroxylation sites is 1. The molecule has 1 fully saturated rings. The zero-order valence-corrected chi connectivity index (χ0v) is 14.1. The highest BCUT2D eigenvalue weighted by Crippen LogP contribution is 2.28. The highest BCUT2D eigenvalue weighted by molar-refractivity contribution is 6.30. The molecular weight excluding hydrogens is 326 g/mol. The van der Waals surface area contributed by atoms with Gasteiger partial charge in [-0.3, -0.25) is 14.5 Å². The van der Waals surface area contributed by atoms with Crippen LogP contribution in [0.5, 0.6) is 5.75 Å². The number of benzene rings is 2. The molecule has 2 amide bonds. The molecule has 2 aromatic carbocycles. The number of rotatable bonds is 5. The maximum absolute atomic E-state index is 12.6. The number of hydrogen-bond donors (Lipinski definition) is 0. The molecule has 1 saturated heterocycles. The zero-order valence-electron chi connectivity index (χ0n) is 13.4. The number of halogens is 1. The van der Waals surface area contributed by atoms with Crippen molar-refractivity contribution in [3.63, 3.8) is 0 Å². The molecule has 0 bridgehead atoms. The Kier molecular flexibility index (Phi) is 4.86. The molecule has 1 unspecified atom stereocenters. The molecule has 0 saturated carbocycles. The Hall–Kier alpha value is -2.33. The summed E-state index contributed by atoms with van der Waals surface area (Å²) in [6, 6.07) is 14.8. The topological polar surface area (TPSA) is 46.6 Å². The van der Waals surface area contributed by atoms with Gasteiger partial charge >= 0.3 is 0 Å². The predicted octanol–water partition coefficient (Wildman–Crippen LogP) is 3.47. The quantitative estimate of drug-likeness (QED) is 0.781. The number of carbonyl (C=O) groups excluding carboxylic acids is 2. The van der Waals surface area contributed by atoms with Crippen LogP contribution in [0.4, 0.5) is 0 Å². The van der Waals surface area contributed by atoms with Gasteiger partial charge in [-0.1, -0.05) is 41.9 Å². The normalized spacial score (nSPS) is 17.4. The largest absolute Gasteiger partial charge is 0.496 e. The second-order valence-corrected chi connectivity index (χ2v) is 6.30. The van der Waals surface area contributed by atoms with Gasteiger partial charge in [0, 0.05) is 17.0 Å². The van der Waals surface area contributed by atoms with Crippen LogP contribution in [-0.2, 0) is 22.6 Å². The van der Waals surface area contributed by atoms with E-state index in [2.05, 4.69) is 0 Å². The minimum atomic E-state index is -0.312. The van der Waals surface area contributed by atoms with Crippen LogP contribution in [0.1, 0.15) is 17.5 Å². The maximum Gasteiger partial charge on any atom is 0.233 e. The Morgan fingerprint density at radius 2 is 1.83 bits per heavy atom. The molecular formula is C19H18ClNO3. The standard InChI is InChI=1S/C19H18ClNO3/c1-24-17-5-3-2-4-14(17)12-21-18(22)11-15(19(21)23)10-13-6-8-16(20)9-7-13/h2-9,15H,10-12H2,1H3. The van der Waals surface area contributed by atoms with Crippen LogP contribution in [0.2, 0.25) is 5.02 Å². The monoisotopic (exact) mass is 343 g/mol. The molecule has 1 atom stereocenters. The number of imide groups is 1. The van der Waals surface area contributed by atoms with Gasteiger partial charge in [-0.15, -0.1) is 0 Å². The lowest BCUT2D eigenvalue weighted by molar-refractivity contribution is -0.140. The highest BCUT2D eigenvalue weighted by Gasteiger charge is 2.38. The number of hydrogen-bond acceptors (Lipinski definition) is 3. The van der Waals surface area contributed by atoms with Gasteiger partial charge in [-0.2, -0.15) is 0 Å². The summed E-state index contributed by atoms with van der Waals surface area (Å²) in [5.74, 6) is 0.110. The fraction of sp³-hybridized carbons (Fsp3) is 0.263. The Morgan fingerprint density at radius 1 is 1.12 bits per heavy atom. The van der Waals surface area contributed by atoms with Crippen molar-refractivity contribution in [2.24, 2.45) is 5.92 Å². The third kappa shape index (κ3) is 3.44. The summed E-state index contributed by atoms with van der Waals surface area (Å²) in [4.78, 5) is 26.2. The van der Waals surface area contributed by atoms with E-state index in [9.17, 15) is 9.59 Å². The fourth-order valence-corrected chi connectivity index (χ4v) is 3.11. The molecule has 0 N–H and O–H groups in total. The molecule has 3 rings (SSSR count). The summed E-state index contributed by atoms with van der Waals surface area (Å²) in [5, 5.41) is 0.658. The summed E-state index contributed by atoms with van der Waals surface area (Å²) in [6.07, 6.45) is 0.792. The Morgan fingerprint density at radius 3 is 2.54 bits per heavy atom. The van der Waals surface area contributed by atoms with Crippen LogP contribution in [-0.4, -0.2) is 23.8 Å². The molecule has 24 heavy (non-hydrogen) atoms. The predicted molar refractivity (Wildman–Crippen MR) is 91.8 cm³/mol. The minimum absolute atomic E-state index is 0.124. The van der Waals surface area contributed by atoms with E-state index in [4.69, 9.17) is 16.3 Å². The van der Waals surface area contributed by atoms with E-state index in [1.54, 1.807) is 19.2 Å². The molecule has 1 heterocycles. The smallest absolute Gasteiger partial charge is 0.233 e. The van der Waals surface area contributed by atoms with Crippen molar-refractivity contribution in [2.75, 3.05) is 7.11 Å². The van der Waals surface area contributed by atoms with Gasteiger partial charge in [-0.05, 0) is 30.2 Å². The number of carbonyl (C=O) groups is 2. The van der Waals surface area contributed by atoms with Crippen molar-refractivity contribution in [3.8, 4) is 5.75 Å². The average Bonchev–Trinajstić information content (AvgIpc) is 2.85. The maximum atomic E-state index is 12.6. The third-order valence-corrected chi connectivity index (χ3v) is 4.51. The summed E-state index contributed by atoms with van der Waals surface area (Å²) in [7, 11) is 1.58. The molecule has 0 aliphatic carbocycles. The van der Waals surface area contributed by atoms with Crippen molar-refractivity contribution in [2.45, 2.75) is 19.4 Å². The highest BCUT2D eigenvalue weighted by atomic mass is 35.5. The van der Waals surface area contributed by atoms with Crippen LogP contribution in [0.3, 0.4) is 0 Å². The lowest BCUT2D eigenvalue weighted by Gasteiger charge is -2.17. The summed E-state index contributed by atoms with van der Waals surface area (Å²) in [6.45, 7) is 0.249. The molecule has 0 spiro atoms. The molecule has 2 aromatic rings. The molecule has 1 aliphatic rings. The molecule has 1 aliphatic heterocycles. The van der Waals surface area contributed by atoms with Gasteiger partial charge in [-0.25, -0.2) is 0 Å². The van der Waals surface area contributed by atoms with E-state index in [1.807, 2.05) is 36.4 Å². The summed E-state index contributed by atoms with van der Waals surface area (Å²) in [5.41, 5.74) is 1.83. The van der Waals surface area contributed by atoms with Gasteiger partial charge in [0.2, 0.25) is 11.8 Å². The lowest BCUT2D eigenvalue weighted by atomic mass is 9.98. The number of nitrogens with zero attached hydrogens (tertiary/aromatic N) is 1. The van der Waals surface area contributed by atoms with Gasteiger partial charge in [0.05, 0.1) is 19.6 Å². The molecule has 0 aromatic heterocycles. The van der Waals surface area contributed by atoms with Crippen molar-refractivity contribution < 1.29 is 14.3 Å². The minimum Gasteiger partial charge on any atom is -0.496 e. The molecule has 5 heteroatoms. The van der Waals surface area contributed by atoms with Gasteiger partial charge in [0.1, 0.15) is 5.75 Å². The summed E-state index contributed by atoms with van der Waals surface area (Å²) >= 11 is 5.88. The Balaban J connectivity index is 1.73. The first kappa shape index (κ1) is 16.5. The second kappa shape index (κ2) is 7.05.